The molecule has 0 saturated carbocycles. The number of aromatic amines is 1. The molecule has 1 aromatic heterocycles. The smallest absolute Gasteiger partial charge is 0.357 e. The van der Waals surface area contributed by atoms with Gasteiger partial charge < -0.3 is 4.98 Å². The van der Waals surface area contributed by atoms with E-state index in [4.69, 9.17) is 0 Å². The molecule has 0 aliphatic heterocycles. The fourth-order valence-electron chi connectivity index (χ4n) is 1.50. The van der Waals surface area contributed by atoms with E-state index in [2.05, 4.69) is 15.5 Å². The van der Waals surface area contributed by atoms with Crippen LogP contribution in [0.15, 0.2) is 41.6 Å². The third-order valence-corrected chi connectivity index (χ3v) is 2.54. The van der Waals surface area contributed by atoms with Gasteiger partial charge in [0.1, 0.15) is 11.5 Å². The fraction of sp³-hybridized carbons (Fsp3) is 0.0769. The first-order valence-electron chi connectivity index (χ1n) is 5.71. The Morgan fingerprint density at radius 3 is 2.62 bits per heavy atom. The molecule has 2 rings (SSSR count). The number of hydrogen-bond acceptors (Lipinski definition) is 2. The van der Waals surface area contributed by atoms with Crippen molar-refractivity contribution in [2.45, 2.75) is 6.18 Å². The fourth-order valence-corrected chi connectivity index (χ4v) is 1.50. The molecule has 0 aliphatic rings. The Balaban J connectivity index is 2.06. The van der Waals surface area contributed by atoms with Crippen molar-refractivity contribution in [3.05, 3.63) is 59.2 Å². The predicted octanol–water partition coefficient (Wildman–Crippen LogP) is 2.94. The van der Waals surface area contributed by atoms with E-state index < -0.39 is 23.5 Å². The molecule has 8 heteroatoms. The summed E-state index contributed by atoms with van der Waals surface area (Å²) in [6.45, 7) is 0. The molecule has 0 saturated heterocycles. The van der Waals surface area contributed by atoms with Gasteiger partial charge in [0.15, 0.2) is 0 Å². The lowest BCUT2D eigenvalue weighted by molar-refractivity contribution is -0.137. The highest BCUT2D eigenvalue weighted by Crippen LogP contribution is 2.29. The first-order chi connectivity index (χ1) is 9.88. The van der Waals surface area contributed by atoms with Crippen LogP contribution in [0.5, 0.6) is 0 Å². The van der Waals surface area contributed by atoms with Gasteiger partial charge in [0.25, 0.3) is 5.91 Å². The summed E-state index contributed by atoms with van der Waals surface area (Å²) < 4.78 is 50.5. The Hall–Kier alpha value is -2.64. The van der Waals surface area contributed by atoms with Gasteiger partial charge in [-0.25, -0.2) is 9.82 Å². The van der Waals surface area contributed by atoms with Gasteiger partial charge in [-0.1, -0.05) is 0 Å². The van der Waals surface area contributed by atoms with E-state index in [1.54, 1.807) is 6.07 Å². The second kappa shape index (κ2) is 5.78. The molecule has 0 bridgehead atoms. The number of rotatable bonds is 3. The molecule has 1 heterocycles. The van der Waals surface area contributed by atoms with Crippen LogP contribution in [0.2, 0.25) is 0 Å². The standard InChI is InChI=1S/C13H9F4N3O/c14-10-6-9(13(15,16)17)4-3-8(10)7-19-20-12(21)11-2-1-5-18-11/h1-7,18H,(H,20,21)/b19-7+. The van der Waals surface area contributed by atoms with Gasteiger partial charge >= 0.3 is 6.18 Å². The zero-order chi connectivity index (χ0) is 15.5. The van der Waals surface area contributed by atoms with Gasteiger partial charge in [-0.05, 0) is 30.3 Å². The maximum atomic E-state index is 13.5. The largest absolute Gasteiger partial charge is 0.416 e. The summed E-state index contributed by atoms with van der Waals surface area (Å²) in [5.41, 5.74) is 1.10. The molecule has 0 aliphatic carbocycles. The van der Waals surface area contributed by atoms with Gasteiger partial charge in [0.2, 0.25) is 0 Å². The number of amides is 1. The molecule has 0 spiro atoms. The molecule has 1 amide bonds. The van der Waals surface area contributed by atoms with E-state index in [9.17, 15) is 22.4 Å². The van der Waals surface area contributed by atoms with Crippen molar-refractivity contribution in [3.63, 3.8) is 0 Å². The molecule has 0 unspecified atom stereocenters. The second-order valence-corrected chi connectivity index (χ2v) is 4.02. The Morgan fingerprint density at radius 1 is 1.29 bits per heavy atom. The van der Waals surface area contributed by atoms with Crippen LogP contribution >= 0.6 is 0 Å². The summed E-state index contributed by atoms with van der Waals surface area (Å²) in [5.74, 6) is -1.63. The average Bonchev–Trinajstić information content (AvgIpc) is 2.93. The van der Waals surface area contributed by atoms with E-state index in [1.807, 2.05) is 0 Å². The number of carbonyl (C=O) groups is 1. The Morgan fingerprint density at radius 2 is 2.05 bits per heavy atom. The number of nitrogens with one attached hydrogen (secondary N) is 2. The van der Waals surface area contributed by atoms with Crippen molar-refractivity contribution in [3.8, 4) is 0 Å². The van der Waals surface area contributed by atoms with Crippen LogP contribution in [-0.4, -0.2) is 17.1 Å². The molecule has 1 aromatic carbocycles. The molecule has 21 heavy (non-hydrogen) atoms. The van der Waals surface area contributed by atoms with E-state index in [-0.39, 0.29) is 11.3 Å². The van der Waals surface area contributed by atoms with Crippen LogP contribution in [0.3, 0.4) is 0 Å². The average molecular weight is 299 g/mol. The summed E-state index contributed by atoms with van der Waals surface area (Å²) in [5, 5.41) is 3.48. The van der Waals surface area contributed by atoms with Gasteiger partial charge in [-0.3, -0.25) is 4.79 Å². The van der Waals surface area contributed by atoms with Gasteiger partial charge in [0, 0.05) is 11.8 Å². The molecule has 0 atom stereocenters. The third-order valence-electron chi connectivity index (χ3n) is 2.54. The zero-order valence-corrected chi connectivity index (χ0v) is 10.4. The van der Waals surface area contributed by atoms with Crippen LogP contribution in [0.1, 0.15) is 21.6 Å². The Labute approximate surface area is 116 Å². The van der Waals surface area contributed by atoms with Crippen LogP contribution in [0, 0.1) is 5.82 Å². The number of alkyl halides is 3. The molecule has 4 nitrogen and oxygen atoms in total. The predicted molar refractivity (Wildman–Crippen MR) is 67.3 cm³/mol. The van der Waals surface area contributed by atoms with Gasteiger partial charge in [-0.2, -0.15) is 18.3 Å². The number of benzene rings is 1. The topological polar surface area (TPSA) is 57.2 Å². The van der Waals surface area contributed by atoms with E-state index in [0.717, 1.165) is 18.3 Å². The lowest BCUT2D eigenvalue weighted by Gasteiger charge is -2.07. The van der Waals surface area contributed by atoms with Crippen molar-refractivity contribution in [1.82, 2.24) is 10.4 Å². The van der Waals surface area contributed by atoms with E-state index >= 15 is 0 Å². The zero-order valence-electron chi connectivity index (χ0n) is 10.4. The van der Waals surface area contributed by atoms with Gasteiger partial charge in [-0.15, -0.1) is 0 Å². The molecular formula is C13H9F4N3O. The quantitative estimate of drug-likeness (QED) is 0.511. The maximum Gasteiger partial charge on any atom is 0.416 e. The SMILES string of the molecule is O=C(N/N=C/c1ccc(C(F)(F)F)cc1F)c1ccc[nH]1. The minimum absolute atomic E-state index is 0.171. The van der Waals surface area contributed by atoms with Crippen LogP contribution in [0.25, 0.3) is 0 Å². The summed E-state index contributed by atoms with van der Waals surface area (Å²) in [6, 6.07) is 5.14. The van der Waals surface area contributed by atoms with Crippen molar-refractivity contribution >= 4 is 12.1 Å². The highest BCUT2D eigenvalue weighted by Gasteiger charge is 2.31. The summed E-state index contributed by atoms with van der Waals surface area (Å²) in [4.78, 5) is 14.1. The Kier molecular flexibility index (Phi) is 4.06. The van der Waals surface area contributed by atoms with Crippen molar-refractivity contribution in [2.75, 3.05) is 0 Å². The number of hydrogen-bond donors (Lipinski definition) is 2. The number of hydrazone groups is 1. The number of H-pyrrole nitrogens is 1. The number of nitrogens with zero attached hydrogens (tertiary/aromatic N) is 1. The molecule has 2 N–H and O–H groups in total. The normalized spacial score (nSPS) is 11.8. The number of aromatic nitrogens is 1. The number of carbonyl (C=O) groups excluding carboxylic acids is 1. The van der Waals surface area contributed by atoms with Crippen LogP contribution in [0.4, 0.5) is 17.6 Å². The van der Waals surface area contributed by atoms with Crippen molar-refractivity contribution in [2.24, 2.45) is 5.10 Å². The monoisotopic (exact) mass is 299 g/mol. The molecule has 0 fully saturated rings. The lowest BCUT2D eigenvalue weighted by Crippen LogP contribution is -2.18. The first-order valence-corrected chi connectivity index (χ1v) is 5.71. The molecule has 110 valence electrons. The first kappa shape index (κ1) is 14.8. The van der Waals surface area contributed by atoms with Crippen LogP contribution < -0.4 is 5.43 Å². The summed E-state index contributed by atoms with van der Waals surface area (Å²) >= 11 is 0. The van der Waals surface area contributed by atoms with E-state index in [1.165, 1.54) is 12.3 Å². The second-order valence-electron chi connectivity index (χ2n) is 4.02. The maximum absolute atomic E-state index is 13.5. The molecule has 0 radical (unpaired) electrons. The Bertz CT molecular complexity index is 663. The van der Waals surface area contributed by atoms with Crippen molar-refractivity contribution < 1.29 is 22.4 Å². The lowest BCUT2D eigenvalue weighted by atomic mass is 10.1. The minimum Gasteiger partial charge on any atom is -0.357 e. The third kappa shape index (κ3) is 3.68. The highest BCUT2D eigenvalue weighted by molar-refractivity contribution is 5.93. The molecular weight excluding hydrogens is 290 g/mol. The van der Waals surface area contributed by atoms with Gasteiger partial charge in [0.05, 0.1) is 11.8 Å². The minimum atomic E-state index is -4.61. The van der Waals surface area contributed by atoms with E-state index in [0.29, 0.717) is 6.07 Å². The number of halogens is 4. The van der Waals surface area contributed by atoms with Crippen LogP contribution in [-0.2, 0) is 6.18 Å². The van der Waals surface area contributed by atoms with Crippen molar-refractivity contribution in [1.29, 1.82) is 0 Å². The molecule has 2 aromatic rings. The highest BCUT2D eigenvalue weighted by atomic mass is 19.4. The summed E-state index contributed by atoms with van der Waals surface area (Å²) in [6.07, 6.45) is -2.15. The summed E-state index contributed by atoms with van der Waals surface area (Å²) in [7, 11) is 0.